The summed E-state index contributed by atoms with van der Waals surface area (Å²) < 4.78 is 5.23. The van der Waals surface area contributed by atoms with E-state index in [1.807, 2.05) is 19.1 Å². The summed E-state index contributed by atoms with van der Waals surface area (Å²) >= 11 is 0. The van der Waals surface area contributed by atoms with Crippen LogP contribution in [0, 0.1) is 0 Å². The topological polar surface area (TPSA) is 147 Å². The number of amides is 2. The molecule has 0 saturated carbocycles. The van der Waals surface area contributed by atoms with Crippen molar-refractivity contribution in [3.63, 3.8) is 0 Å². The number of aromatic nitrogens is 3. The summed E-state index contributed by atoms with van der Waals surface area (Å²) in [5.41, 5.74) is 1.80. The minimum Gasteiger partial charge on any atom is -0.460 e. The van der Waals surface area contributed by atoms with Crippen molar-refractivity contribution in [2.24, 2.45) is 0 Å². The highest BCUT2D eigenvalue weighted by Gasteiger charge is 2.18. The van der Waals surface area contributed by atoms with Crippen LogP contribution in [0.4, 0.5) is 23.1 Å². The molecule has 0 fully saturated rings. The molecule has 0 bridgehead atoms. The Morgan fingerprint density at radius 3 is 2.35 bits per heavy atom. The van der Waals surface area contributed by atoms with Gasteiger partial charge in [0.15, 0.2) is 0 Å². The van der Waals surface area contributed by atoms with Crippen LogP contribution in [0.2, 0.25) is 0 Å². The van der Waals surface area contributed by atoms with E-state index >= 15 is 0 Å². The number of carbonyl (C=O) groups excluding carboxylic acids is 3. The van der Waals surface area contributed by atoms with Crippen molar-refractivity contribution >= 4 is 40.9 Å². The Balaban J connectivity index is 1.60. The van der Waals surface area contributed by atoms with Gasteiger partial charge in [0.1, 0.15) is 17.0 Å². The predicted molar refractivity (Wildman–Crippen MR) is 155 cm³/mol. The van der Waals surface area contributed by atoms with E-state index in [0.29, 0.717) is 41.8 Å². The number of pyridine rings is 1. The Kier molecular flexibility index (Phi) is 10.9. The van der Waals surface area contributed by atoms with Gasteiger partial charge in [0.25, 0.3) is 5.91 Å². The van der Waals surface area contributed by atoms with Crippen LogP contribution < -0.4 is 21.3 Å². The number of esters is 1. The molecule has 3 aromatic rings. The van der Waals surface area contributed by atoms with Gasteiger partial charge in [-0.3, -0.25) is 19.4 Å². The van der Waals surface area contributed by atoms with Crippen molar-refractivity contribution < 1.29 is 19.1 Å². The standard InChI is InChI=1S/C29H37N7O4/c1-5-14-31-26-23(19-33-28(36-26)32-17-13-20-11-15-30-16-12-20)27(39)35-22-8-6-7-21(18-22)34-24(37)9-10-25(38)40-29(2,3)4/h6-8,11-12,15-16,18-19H,5,9-10,13-14,17H2,1-4H3,(H,34,37)(H,35,39)(H2,31,32,33,36). The summed E-state index contributed by atoms with van der Waals surface area (Å²) in [6.45, 7) is 8.61. The maximum atomic E-state index is 13.1. The van der Waals surface area contributed by atoms with Gasteiger partial charge in [0.2, 0.25) is 11.9 Å². The molecule has 3 rings (SSSR count). The lowest BCUT2D eigenvalue weighted by molar-refractivity contribution is -0.155. The third-order valence-corrected chi connectivity index (χ3v) is 5.40. The van der Waals surface area contributed by atoms with Gasteiger partial charge in [-0.1, -0.05) is 13.0 Å². The maximum absolute atomic E-state index is 13.1. The van der Waals surface area contributed by atoms with Gasteiger partial charge in [-0.25, -0.2) is 4.98 Å². The molecule has 11 heteroatoms. The van der Waals surface area contributed by atoms with Crippen LogP contribution in [0.15, 0.2) is 55.0 Å². The highest BCUT2D eigenvalue weighted by molar-refractivity contribution is 6.07. The van der Waals surface area contributed by atoms with Gasteiger partial charge in [-0.15, -0.1) is 0 Å². The Labute approximate surface area is 234 Å². The lowest BCUT2D eigenvalue weighted by atomic mass is 10.2. The summed E-state index contributed by atoms with van der Waals surface area (Å²) in [4.78, 5) is 50.2. The van der Waals surface area contributed by atoms with Gasteiger partial charge >= 0.3 is 5.97 Å². The first-order valence-corrected chi connectivity index (χ1v) is 13.3. The van der Waals surface area contributed by atoms with E-state index in [0.717, 1.165) is 18.4 Å². The summed E-state index contributed by atoms with van der Waals surface area (Å²) in [5.74, 6) is -0.322. The molecule has 212 valence electrons. The molecule has 0 saturated heterocycles. The molecule has 0 atom stereocenters. The number of ether oxygens (including phenoxy) is 1. The molecule has 40 heavy (non-hydrogen) atoms. The van der Waals surface area contributed by atoms with Crippen LogP contribution in [0.1, 0.15) is 62.9 Å². The Hall–Kier alpha value is -4.54. The number of anilines is 4. The molecule has 0 aliphatic carbocycles. The van der Waals surface area contributed by atoms with Crippen molar-refractivity contribution in [2.45, 2.75) is 59.0 Å². The number of nitrogens with zero attached hydrogens (tertiary/aromatic N) is 3. The van der Waals surface area contributed by atoms with Crippen molar-refractivity contribution in [1.29, 1.82) is 0 Å². The quantitative estimate of drug-likeness (QED) is 0.224. The zero-order valence-electron chi connectivity index (χ0n) is 23.4. The number of hydrogen-bond acceptors (Lipinski definition) is 9. The van der Waals surface area contributed by atoms with Crippen LogP contribution in [0.3, 0.4) is 0 Å². The van der Waals surface area contributed by atoms with Crippen LogP contribution in [-0.2, 0) is 20.7 Å². The molecular weight excluding hydrogens is 510 g/mol. The Morgan fingerprint density at radius 1 is 0.925 bits per heavy atom. The molecule has 1 aromatic carbocycles. The second-order valence-electron chi connectivity index (χ2n) is 10.1. The van der Waals surface area contributed by atoms with E-state index in [1.54, 1.807) is 57.4 Å². The normalized spacial score (nSPS) is 10.9. The fraction of sp³-hybridized carbons (Fsp3) is 0.379. The summed E-state index contributed by atoms with van der Waals surface area (Å²) in [5, 5.41) is 12.0. The number of rotatable bonds is 13. The predicted octanol–water partition coefficient (Wildman–Crippen LogP) is 4.66. The minimum atomic E-state index is -0.603. The number of nitrogens with one attached hydrogen (secondary N) is 4. The molecule has 11 nitrogen and oxygen atoms in total. The van der Waals surface area contributed by atoms with Gasteiger partial charge in [-0.05, 0) is 69.5 Å². The second kappa shape index (κ2) is 14.6. The molecule has 0 aliphatic heterocycles. The second-order valence-corrected chi connectivity index (χ2v) is 10.1. The number of hydrogen-bond donors (Lipinski definition) is 4. The van der Waals surface area contributed by atoms with Gasteiger partial charge in [-0.2, -0.15) is 4.98 Å². The third-order valence-electron chi connectivity index (χ3n) is 5.40. The third kappa shape index (κ3) is 10.3. The van der Waals surface area contributed by atoms with Crippen LogP contribution in [0.5, 0.6) is 0 Å². The molecule has 0 aliphatic rings. The lowest BCUT2D eigenvalue weighted by Gasteiger charge is -2.19. The maximum Gasteiger partial charge on any atom is 0.306 e. The zero-order valence-corrected chi connectivity index (χ0v) is 23.4. The highest BCUT2D eigenvalue weighted by Crippen LogP contribution is 2.20. The van der Waals surface area contributed by atoms with E-state index in [1.165, 1.54) is 6.20 Å². The van der Waals surface area contributed by atoms with E-state index < -0.39 is 17.5 Å². The van der Waals surface area contributed by atoms with Gasteiger partial charge < -0.3 is 26.0 Å². The summed E-state index contributed by atoms with van der Waals surface area (Å²) in [7, 11) is 0. The van der Waals surface area contributed by atoms with Crippen molar-refractivity contribution in [2.75, 3.05) is 34.4 Å². The van der Waals surface area contributed by atoms with E-state index in [-0.39, 0.29) is 18.7 Å². The molecule has 2 heterocycles. The van der Waals surface area contributed by atoms with Crippen molar-refractivity contribution in [3.05, 3.63) is 66.1 Å². The summed E-state index contributed by atoms with van der Waals surface area (Å²) in [6, 6.07) is 10.7. The van der Waals surface area contributed by atoms with Crippen LogP contribution >= 0.6 is 0 Å². The van der Waals surface area contributed by atoms with E-state index in [9.17, 15) is 14.4 Å². The molecule has 0 radical (unpaired) electrons. The fourth-order valence-corrected chi connectivity index (χ4v) is 3.58. The summed E-state index contributed by atoms with van der Waals surface area (Å²) in [6.07, 6.45) is 6.58. The monoisotopic (exact) mass is 547 g/mol. The van der Waals surface area contributed by atoms with Gasteiger partial charge in [0.05, 0.1) is 6.42 Å². The fourth-order valence-electron chi connectivity index (χ4n) is 3.58. The van der Waals surface area contributed by atoms with Crippen molar-refractivity contribution in [1.82, 2.24) is 15.0 Å². The van der Waals surface area contributed by atoms with E-state index in [4.69, 9.17) is 4.74 Å². The SMILES string of the molecule is CCCNc1nc(NCCc2ccncc2)ncc1C(=O)Nc1cccc(NC(=O)CCC(=O)OC(C)(C)C)c1. The van der Waals surface area contributed by atoms with Crippen LogP contribution in [-0.4, -0.2) is 51.4 Å². The molecular formula is C29H37N7O4. The van der Waals surface area contributed by atoms with Gasteiger partial charge in [0, 0.05) is 49.5 Å². The molecule has 0 spiro atoms. The Bertz CT molecular complexity index is 1290. The minimum absolute atomic E-state index is 0.0156. The highest BCUT2D eigenvalue weighted by atomic mass is 16.6. The average Bonchev–Trinajstić information content (AvgIpc) is 2.90. The molecule has 2 aromatic heterocycles. The first-order valence-electron chi connectivity index (χ1n) is 13.3. The first kappa shape index (κ1) is 30.0. The van der Waals surface area contributed by atoms with Crippen molar-refractivity contribution in [3.8, 4) is 0 Å². The number of carbonyl (C=O) groups is 3. The molecule has 2 amide bonds. The molecule has 0 unspecified atom stereocenters. The average molecular weight is 548 g/mol. The number of benzene rings is 1. The van der Waals surface area contributed by atoms with Crippen LogP contribution in [0.25, 0.3) is 0 Å². The largest absolute Gasteiger partial charge is 0.460 e. The zero-order chi connectivity index (χ0) is 29.0. The lowest BCUT2D eigenvalue weighted by Crippen LogP contribution is -2.24. The molecule has 4 N–H and O–H groups in total. The Morgan fingerprint density at radius 2 is 1.65 bits per heavy atom. The smallest absolute Gasteiger partial charge is 0.306 e. The first-order chi connectivity index (χ1) is 19.1. The van der Waals surface area contributed by atoms with E-state index in [2.05, 4.69) is 36.2 Å².